The summed E-state index contributed by atoms with van der Waals surface area (Å²) >= 11 is 6.16. The summed E-state index contributed by atoms with van der Waals surface area (Å²) < 4.78 is 5.79. The molecular formula is C28H25ClN4O2. The predicted molar refractivity (Wildman–Crippen MR) is 141 cm³/mol. The number of aromatic nitrogens is 2. The fraction of sp³-hybridized carbons (Fsp3) is 0.107. The first kappa shape index (κ1) is 24.0. The number of carbonyl (C=O) groups excluding carboxylic acids is 1. The molecule has 0 aliphatic heterocycles. The molecule has 35 heavy (non-hydrogen) atoms. The van der Waals surface area contributed by atoms with Crippen molar-refractivity contribution in [2.45, 2.75) is 20.5 Å². The molecule has 0 saturated heterocycles. The van der Waals surface area contributed by atoms with Crippen molar-refractivity contribution >= 4 is 40.9 Å². The molecular weight excluding hydrogens is 460 g/mol. The van der Waals surface area contributed by atoms with Crippen LogP contribution in [0.5, 0.6) is 5.75 Å². The van der Waals surface area contributed by atoms with Crippen LogP contribution in [0.1, 0.15) is 22.5 Å². The molecule has 4 rings (SSSR count). The maximum absolute atomic E-state index is 12.3. The van der Waals surface area contributed by atoms with E-state index in [1.165, 1.54) is 6.08 Å². The number of carbonyl (C=O) groups is 1. The van der Waals surface area contributed by atoms with Gasteiger partial charge in [-0.3, -0.25) is 4.79 Å². The Morgan fingerprint density at radius 2 is 1.57 bits per heavy atom. The van der Waals surface area contributed by atoms with Gasteiger partial charge in [-0.05, 0) is 74.0 Å². The van der Waals surface area contributed by atoms with E-state index < -0.39 is 0 Å². The van der Waals surface area contributed by atoms with E-state index in [1.54, 1.807) is 6.08 Å². The molecule has 0 aliphatic carbocycles. The second-order valence-electron chi connectivity index (χ2n) is 7.95. The number of halogens is 1. The van der Waals surface area contributed by atoms with Crippen LogP contribution in [0.25, 0.3) is 6.08 Å². The Morgan fingerprint density at radius 3 is 2.26 bits per heavy atom. The molecule has 7 heteroatoms. The van der Waals surface area contributed by atoms with Gasteiger partial charge >= 0.3 is 0 Å². The topological polar surface area (TPSA) is 76.1 Å². The molecule has 0 spiro atoms. The Balaban J connectivity index is 1.28. The molecule has 0 atom stereocenters. The number of aryl methyl sites for hydroxylation is 2. The summed E-state index contributed by atoms with van der Waals surface area (Å²) in [5.41, 5.74) is 5.13. The Morgan fingerprint density at radius 1 is 0.914 bits per heavy atom. The van der Waals surface area contributed by atoms with Crippen LogP contribution < -0.4 is 15.4 Å². The van der Waals surface area contributed by atoms with E-state index in [9.17, 15) is 4.79 Å². The highest BCUT2D eigenvalue weighted by Gasteiger charge is 2.03. The van der Waals surface area contributed by atoms with E-state index in [4.69, 9.17) is 16.3 Å². The zero-order valence-corrected chi connectivity index (χ0v) is 20.2. The van der Waals surface area contributed by atoms with Crippen LogP contribution in [-0.2, 0) is 11.4 Å². The molecule has 1 heterocycles. The van der Waals surface area contributed by atoms with Gasteiger partial charge in [-0.15, -0.1) is 0 Å². The largest absolute Gasteiger partial charge is 0.489 e. The highest BCUT2D eigenvalue weighted by Crippen LogP contribution is 2.20. The number of benzene rings is 3. The molecule has 6 nitrogen and oxygen atoms in total. The lowest BCUT2D eigenvalue weighted by Crippen LogP contribution is -2.07. The van der Waals surface area contributed by atoms with Gasteiger partial charge in [0.15, 0.2) is 0 Å². The van der Waals surface area contributed by atoms with E-state index in [2.05, 4.69) is 20.6 Å². The zero-order valence-electron chi connectivity index (χ0n) is 19.5. The van der Waals surface area contributed by atoms with Crippen molar-refractivity contribution < 1.29 is 9.53 Å². The number of hydrogen-bond acceptors (Lipinski definition) is 5. The van der Waals surface area contributed by atoms with E-state index in [1.807, 2.05) is 92.7 Å². The summed E-state index contributed by atoms with van der Waals surface area (Å²) in [6.07, 6.45) is 3.25. The van der Waals surface area contributed by atoms with Gasteiger partial charge in [0.05, 0.1) is 0 Å². The molecule has 0 saturated carbocycles. The van der Waals surface area contributed by atoms with Crippen LogP contribution in [0.4, 0.5) is 17.3 Å². The van der Waals surface area contributed by atoms with E-state index >= 15 is 0 Å². The SMILES string of the molecule is Cc1cc(C)nc(Nc2ccc(NC(=O)/C=C/c3ccc(OCc4ccccc4Cl)cc3)cc2)n1. The second kappa shape index (κ2) is 11.3. The molecule has 0 unspecified atom stereocenters. The van der Waals surface area contributed by atoms with Gasteiger partial charge < -0.3 is 15.4 Å². The third-order valence-electron chi connectivity index (χ3n) is 5.05. The average molecular weight is 485 g/mol. The summed E-state index contributed by atoms with van der Waals surface area (Å²) in [7, 11) is 0. The smallest absolute Gasteiger partial charge is 0.248 e. The van der Waals surface area contributed by atoms with Crippen molar-refractivity contribution in [3.8, 4) is 5.75 Å². The lowest BCUT2D eigenvalue weighted by atomic mass is 10.2. The van der Waals surface area contributed by atoms with Crippen molar-refractivity contribution in [3.05, 3.63) is 112 Å². The van der Waals surface area contributed by atoms with Crippen molar-refractivity contribution in [2.75, 3.05) is 10.6 Å². The standard InChI is InChI=1S/C28H25ClN4O2/c1-19-17-20(2)31-28(30-19)33-24-12-10-23(11-13-24)32-27(34)16-9-21-7-14-25(15-8-21)35-18-22-5-3-4-6-26(22)29/h3-17H,18H2,1-2H3,(H,32,34)(H,30,31,33)/b16-9+. The Bertz CT molecular complexity index is 1320. The molecule has 4 aromatic rings. The molecule has 3 aromatic carbocycles. The van der Waals surface area contributed by atoms with Crippen LogP contribution in [0.3, 0.4) is 0 Å². The van der Waals surface area contributed by atoms with Crippen molar-refractivity contribution in [1.29, 1.82) is 0 Å². The normalized spacial score (nSPS) is 10.8. The third-order valence-corrected chi connectivity index (χ3v) is 5.42. The van der Waals surface area contributed by atoms with Crippen LogP contribution in [0.2, 0.25) is 5.02 Å². The zero-order chi connectivity index (χ0) is 24.6. The number of nitrogens with zero attached hydrogens (tertiary/aromatic N) is 2. The minimum Gasteiger partial charge on any atom is -0.489 e. The highest BCUT2D eigenvalue weighted by molar-refractivity contribution is 6.31. The third kappa shape index (κ3) is 7.16. The quantitative estimate of drug-likeness (QED) is 0.271. The summed E-state index contributed by atoms with van der Waals surface area (Å²) in [5, 5.41) is 6.71. The van der Waals surface area contributed by atoms with Gasteiger partial charge in [0, 0.05) is 39.4 Å². The van der Waals surface area contributed by atoms with Crippen LogP contribution in [-0.4, -0.2) is 15.9 Å². The van der Waals surface area contributed by atoms with Gasteiger partial charge in [-0.25, -0.2) is 9.97 Å². The minimum atomic E-state index is -0.220. The minimum absolute atomic E-state index is 0.220. The summed E-state index contributed by atoms with van der Waals surface area (Å²) in [5.74, 6) is 1.05. The Labute approximate surface area is 209 Å². The summed E-state index contributed by atoms with van der Waals surface area (Å²) in [4.78, 5) is 21.1. The first-order valence-electron chi connectivity index (χ1n) is 11.1. The molecule has 1 amide bonds. The Hall–Kier alpha value is -4.16. The second-order valence-corrected chi connectivity index (χ2v) is 8.36. The van der Waals surface area contributed by atoms with E-state index in [-0.39, 0.29) is 5.91 Å². The number of anilines is 3. The van der Waals surface area contributed by atoms with Gasteiger partial charge in [0.25, 0.3) is 0 Å². The number of rotatable bonds is 8. The highest BCUT2D eigenvalue weighted by atomic mass is 35.5. The number of ether oxygens (including phenoxy) is 1. The maximum atomic E-state index is 12.3. The molecule has 0 fully saturated rings. The van der Waals surface area contributed by atoms with E-state index in [0.717, 1.165) is 34.0 Å². The summed E-state index contributed by atoms with van der Waals surface area (Å²) in [6, 6.07) is 24.4. The molecule has 2 N–H and O–H groups in total. The number of nitrogens with one attached hydrogen (secondary N) is 2. The van der Waals surface area contributed by atoms with Crippen molar-refractivity contribution in [1.82, 2.24) is 9.97 Å². The fourth-order valence-corrected chi connectivity index (χ4v) is 3.55. The van der Waals surface area contributed by atoms with Crippen molar-refractivity contribution in [3.63, 3.8) is 0 Å². The molecule has 176 valence electrons. The van der Waals surface area contributed by atoms with Gasteiger partial charge in [0.1, 0.15) is 12.4 Å². The lowest BCUT2D eigenvalue weighted by molar-refractivity contribution is -0.111. The van der Waals surface area contributed by atoms with Crippen molar-refractivity contribution in [2.24, 2.45) is 0 Å². The van der Waals surface area contributed by atoms with Crippen LogP contribution in [0.15, 0.2) is 84.9 Å². The Kier molecular flexibility index (Phi) is 7.75. The molecule has 1 aromatic heterocycles. The number of amides is 1. The first-order valence-corrected chi connectivity index (χ1v) is 11.5. The lowest BCUT2D eigenvalue weighted by Gasteiger charge is -2.08. The van der Waals surface area contributed by atoms with Gasteiger partial charge in [-0.1, -0.05) is 41.9 Å². The average Bonchev–Trinajstić information content (AvgIpc) is 2.83. The van der Waals surface area contributed by atoms with Crippen LogP contribution >= 0.6 is 11.6 Å². The first-order chi connectivity index (χ1) is 16.9. The van der Waals surface area contributed by atoms with Gasteiger partial charge in [0.2, 0.25) is 11.9 Å². The van der Waals surface area contributed by atoms with E-state index in [0.29, 0.717) is 23.3 Å². The maximum Gasteiger partial charge on any atom is 0.248 e. The predicted octanol–water partition coefficient (Wildman–Crippen LogP) is 6.72. The fourth-order valence-electron chi connectivity index (χ4n) is 3.36. The number of hydrogen-bond donors (Lipinski definition) is 2. The van der Waals surface area contributed by atoms with Gasteiger partial charge in [-0.2, -0.15) is 0 Å². The molecule has 0 radical (unpaired) electrons. The molecule has 0 bridgehead atoms. The summed E-state index contributed by atoms with van der Waals surface area (Å²) in [6.45, 7) is 4.25. The van der Waals surface area contributed by atoms with Crippen LogP contribution in [0, 0.1) is 13.8 Å². The monoisotopic (exact) mass is 484 g/mol. The molecule has 0 aliphatic rings.